The van der Waals surface area contributed by atoms with Gasteiger partial charge in [0.1, 0.15) is 12.2 Å². The first-order valence-corrected chi connectivity index (χ1v) is 13.1. The molecule has 0 bridgehead atoms. The molecule has 0 aliphatic rings. The summed E-state index contributed by atoms with van der Waals surface area (Å²) in [6.45, 7) is 8.37. The van der Waals surface area contributed by atoms with Gasteiger partial charge in [0.05, 0.1) is 0 Å². The number of amides is 1. The van der Waals surface area contributed by atoms with E-state index in [1.54, 1.807) is 12.1 Å². The van der Waals surface area contributed by atoms with E-state index in [-0.39, 0.29) is 23.7 Å². The van der Waals surface area contributed by atoms with Gasteiger partial charge < -0.3 is 10.4 Å². The molecule has 2 N–H and O–H groups in total. The first-order valence-electron chi connectivity index (χ1n) is 13.1. The highest BCUT2D eigenvalue weighted by Crippen LogP contribution is 2.27. The third-order valence-electron chi connectivity index (χ3n) is 6.66. The van der Waals surface area contributed by atoms with Crippen LogP contribution in [0.15, 0.2) is 73.1 Å². The molecule has 0 radical (unpaired) electrons. The second-order valence-corrected chi connectivity index (χ2v) is 10.6. The average molecular weight is 523 g/mol. The predicted octanol–water partition coefficient (Wildman–Crippen LogP) is 5.94. The molecule has 1 heterocycles. The quantitative estimate of drug-likeness (QED) is 0.264. The van der Waals surface area contributed by atoms with E-state index in [2.05, 4.69) is 41.0 Å². The van der Waals surface area contributed by atoms with Gasteiger partial charge in [-0.05, 0) is 53.6 Å². The topological polar surface area (TPSA) is 105 Å². The highest BCUT2D eigenvalue weighted by molar-refractivity contribution is 6.05. The fraction of sp³-hybridized carbons (Fsp3) is 0.281. The molecule has 7 heteroatoms. The fourth-order valence-electron chi connectivity index (χ4n) is 4.25. The summed E-state index contributed by atoms with van der Waals surface area (Å²) in [5.41, 5.74) is 5.75. The number of nitrogens with zero attached hydrogens (tertiary/aromatic N) is 3. The molecule has 0 fully saturated rings. The van der Waals surface area contributed by atoms with Crippen LogP contribution in [0.1, 0.15) is 76.8 Å². The summed E-state index contributed by atoms with van der Waals surface area (Å²) < 4.78 is 0. The van der Waals surface area contributed by atoms with E-state index in [0.717, 1.165) is 16.7 Å². The Hall–Kier alpha value is -4.23. The summed E-state index contributed by atoms with van der Waals surface area (Å²) in [5.74, 6) is 0.971. The maximum Gasteiger partial charge on any atom is 0.255 e. The Morgan fingerprint density at radius 3 is 2.26 bits per heavy atom. The largest absolute Gasteiger partial charge is 0.396 e. The van der Waals surface area contributed by atoms with Crippen molar-refractivity contribution in [1.82, 2.24) is 15.0 Å². The van der Waals surface area contributed by atoms with Gasteiger partial charge in [-0.15, -0.1) is 0 Å². The lowest BCUT2D eigenvalue weighted by atomic mass is 9.86. The summed E-state index contributed by atoms with van der Waals surface area (Å²) in [4.78, 5) is 38.5. The van der Waals surface area contributed by atoms with Crippen molar-refractivity contribution in [2.45, 2.75) is 52.4 Å². The Labute approximate surface area is 229 Å². The van der Waals surface area contributed by atoms with Gasteiger partial charge in [0, 0.05) is 41.8 Å². The van der Waals surface area contributed by atoms with Crippen LogP contribution in [0.5, 0.6) is 0 Å². The maximum atomic E-state index is 13.0. The Morgan fingerprint density at radius 1 is 0.897 bits per heavy atom. The molecule has 4 rings (SSSR count). The van der Waals surface area contributed by atoms with Gasteiger partial charge in [0.2, 0.25) is 0 Å². The molecule has 0 unspecified atom stereocenters. The van der Waals surface area contributed by atoms with Crippen LogP contribution in [-0.4, -0.2) is 38.4 Å². The van der Waals surface area contributed by atoms with Crippen LogP contribution >= 0.6 is 0 Å². The third kappa shape index (κ3) is 7.00. The summed E-state index contributed by atoms with van der Waals surface area (Å²) >= 11 is 0. The lowest BCUT2D eigenvalue weighted by molar-refractivity contribution is 0.0970. The van der Waals surface area contributed by atoms with Crippen LogP contribution < -0.4 is 5.32 Å². The molecule has 0 spiro atoms. The Morgan fingerprint density at radius 2 is 1.59 bits per heavy atom. The van der Waals surface area contributed by atoms with Crippen LogP contribution in [0.4, 0.5) is 5.69 Å². The first kappa shape index (κ1) is 27.8. The van der Waals surface area contributed by atoms with E-state index in [4.69, 9.17) is 5.11 Å². The Balaban J connectivity index is 1.49. The number of aromatic nitrogens is 3. The number of carbonyl (C=O) groups excluding carboxylic acids is 2. The van der Waals surface area contributed by atoms with Crippen molar-refractivity contribution in [3.05, 3.63) is 107 Å². The minimum Gasteiger partial charge on any atom is -0.396 e. The molecule has 4 aromatic rings. The number of hydrogen-bond acceptors (Lipinski definition) is 6. The lowest BCUT2D eigenvalue weighted by Gasteiger charge is -2.19. The number of aliphatic hydroxyl groups is 1. The number of ketones is 1. The smallest absolute Gasteiger partial charge is 0.255 e. The van der Waals surface area contributed by atoms with Crippen LogP contribution in [0.2, 0.25) is 0 Å². The number of carbonyl (C=O) groups is 2. The van der Waals surface area contributed by atoms with Gasteiger partial charge in [-0.1, -0.05) is 69.3 Å². The van der Waals surface area contributed by atoms with E-state index in [9.17, 15) is 9.59 Å². The number of rotatable bonds is 9. The second kappa shape index (κ2) is 12.1. The predicted molar refractivity (Wildman–Crippen MR) is 153 cm³/mol. The number of anilines is 1. The molecule has 200 valence electrons. The van der Waals surface area contributed by atoms with Crippen molar-refractivity contribution < 1.29 is 14.7 Å². The molecule has 1 amide bonds. The standard InChI is InChI=1S/C32H34N4O3/c1-21-26(7-5-8-27(21)35-31(39)24-14-16-25(17-15-24)32(2,3)4)30-34-20-33-29(36-30)19-22-10-12-23(13-11-22)28(38)9-6-18-37/h5,7-8,10-17,20,37H,6,9,18-19H2,1-4H3,(H,35,39). The molecule has 0 aliphatic carbocycles. The van der Waals surface area contributed by atoms with Gasteiger partial charge in [-0.3, -0.25) is 9.59 Å². The third-order valence-corrected chi connectivity index (χ3v) is 6.66. The minimum atomic E-state index is -0.176. The summed E-state index contributed by atoms with van der Waals surface area (Å²) in [7, 11) is 0. The molecule has 1 aromatic heterocycles. The summed E-state index contributed by atoms with van der Waals surface area (Å²) in [6.07, 6.45) is 2.77. The Bertz CT molecular complexity index is 1460. The SMILES string of the molecule is Cc1c(NC(=O)c2ccc(C(C)(C)C)cc2)cccc1-c1ncnc(Cc2ccc(C(=O)CCCO)cc2)n1. The maximum absolute atomic E-state index is 13.0. The zero-order chi connectivity index (χ0) is 28.0. The lowest BCUT2D eigenvalue weighted by Crippen LogP contribution is -2.15. The normalized spacial score (nSPS) is 11.3. The van der Waals surface area contributed by atoms with Crippen LogP contribution in [0.25, 0.3) is 11.4 Å². The van der Waals surface area contributed by atoms with Gasteiger partial charge in [-0.25, -0.2) is 15.0 Å². The minimum absolute atomic E-state index is 0.00570. The molecule has 0 aliphatic heterocycles. The van der Waals surface area contributed by atoms with Crippen molar-refractivity contribution >= 4 is 17.4 Å². The van der Waals surface area contributed by atoms with Crippen LogP contribution in [0.3, 0.4) is 0 Å². The van der Waals surface area contributed by atoms with Crippen LogP contribution in [-0.2, 0) is 11.8 Å². The van der Waals surface area contributed by atoms with E-state index >= 15 is 0 Å². The number of aliphatic hydroxyl groups excluding tert-OH is 1. The van der Waals surface area contributed by atoms with Crippen molar-refractivity contribution in [3.8, 4) is 11.4 Å². The van der Waals surface area contributed by atoms with Crippen molar-refractivity contribution in [1.29, 1.82) is 0 Å². The molecular weight excluding hydrogens is 488 g/mol. The van der Waals surface area contributed by atoms with E-state index in [1.807, 2.05) is 61.5 Å². The molecule has 3 aromatic carbocycles. The van der Waals surface area contributed by atoms with Crippen molar-refractivity contribution in [2.24, 2.45) is 0 Å². The van der Waals surface area contributed by atoms with Crippen molar-refractivity contribution in [2.75, 3.05) is 11.9 Å². The van der Waals surface area contributed by atoms with Crippen molar-refractivity contribution in [3.63, 3.8) is 0 Å². The first-order chi connectivity index (χ1) is 18.7. The highest BCUT2D eigenvalue weighted by Gasteiger charge is 2.16. The monoisotopic (exact) mass is 522 g/mol. The summed E-state index contributed by atoms with van der Waals surface area (Å²) in [5, 5.41) is 12.0. The molecule has 0 saturated heterocycles. The molecular formula is C32H34N4O3. The average Bonchev–Trinajstić information content (AvgIpc) is 2.93. The van der Waals surface area contributed by atoms with E-state index in [1.165, 1.54) is 11.9 Å². The van der Waals surface area contributed by atoms with Gasteiger partial charge >= 0.3 is 0 Å². The number of hydrogen-bond donors (Lipinski definition) is 2. The number of Topliss-reactive ketones (excluding diaryl/α,β-unsaturated/α-hetero) is 1. The molecule has 0 saturated carbocycles. The number of nitrogens with one attached hydrogen (secondary N) is 1. The zero-order valence-corrected chi connectivity index (χ0v) is 22.9. The fourth-order valence-corrected chi connectivity index (χ4v) is 4.25. The van der Waals surface area contributed by atoms with E-state index in [0.29, 0.717) is 47.7 Å². The van der Waals surface area contributed by atoms with E-state index < -0.39 is 0 Å². The molecule has 39 heavy (non-hydrogen) atoms. The second-order valence-electron chi connectivity index (χ2n) is 10.6. The molecule has 7 nitrogen and oxygen atoms in total. The van der Waals surface area contributed by atoms with Gasteiger partial charge in [-0.2, -0.15) is 0 Å². The number of benzene rings is 3. The molecule has 0 atom stereocenters. The van der Waals surface area contributed by atoms with Gasteiger partial charge in [0.15, 0.2) is 11.6 Å². The highest BCUT2D eigenvalue weighted by atomic mass is 16.3. The Kier molecular flexibility index (Phi) is 8.62. The summed E-state index contributed by atoms with van der Waals surface area (Å²) in [6, 6.07) is 20.7. The van der Waals surface area contributed by atoms with Gasteiger partial charge in [0.25, 0.3) is 5.91 Å². The van der Waals surface area contributed by atoms with Crippen LogP contribution in [0, 0.1) is 6.92 Å². The zero-order valence-electron chi connectivity index (χ0n) is 22.9.